The highest BCUT2D eigenvalue weighted by Gasteiger charge is 2.33. The molecule has 0 spiro atoms. The van der Waals surface area contributed by atoms with Crippen molar-refractivity contribution in [2.45, 2.75) is 31.2 Å². The van der Waals surface area contributed by atoms with Gasteiger partial charge in [0.25, 0.3) is 0 Å². The molecule has 0 unspecified atom stereocenters. The molecule has 164 valence electrons. The van der Waals surface area contributed by atoms with Crippen LogP contribution >= 0.6 is 0 Å². The lowest BCUT2D eigenvalue weighted by molar-refractivity contribution is -0.137. The molecule has 3 aromatic rings. The molecule has 0 saturated carbocycles. The number of benzene rings is 2. The van der Waals surface area contributed by atoms with Gasteiger partial charge in [-0.1, -0.05) is 30.3 Å². The van der Waals surface area contributed by atoms with Crippen LogP contribution in [-0.2, 0) is 28.4 Å². The number of aromatic nitrogens is 2. The van der Waals surface area contributed by atoms with Gasteiger partial charge in [0, 0.05) is 44.5 Å². The molecular weight excluding hydrogens is 412 g/mol. The molecule has 1 aliphatic heterocycles. The lowest BCUT2D eigenvalue weighted by Gasteiger charge is -2.33. The van der Waals surface area contributed by atoms with Gasteiger partial charge in [0.1, 0.15) is 0 Å². The third-order valence-electron chi connectivity index (χ3n) is 6.07. The molecule has 1 aliphatic rings. The second-order valence-electron chi connectivity index (χ2n) is 8.01. The van der Waals surface area contributed by atoms with Crippen LogP contribution in [0.4, 0.5) is 0 Å². The standard InChI is InChI=1S/C23H28N4O3S/c1-3-26(17-18-7-5-4-6-8-18)23(28)19-11-13-27(14-12-19)31(29,30)21-9-10-22-20(15-21)16-24-25(22)2/h4-10,15-16,19H,3,11-14,17H2,1-2H3. The zero-order valence-electron chi connectivity index (χ0n) is 17.9. The lowest BCUT2D eigenvalue weighted by atomic mass is 9.96. The van der Waals surface area contributed by atoms with Crippen molar-refractivity contribution in [3.8, 4) is 0 Å². The summed E-state index contributed by atoms with van der Waals surface area (Å²) >= 11 is 0. The van der Waals surface area contributed by atoms with Crippen molar-refractivity contribution in [2.75, 3.05) is 19.6 Å². The third kappa shape index (κ3) is 4.36. The van der Waals surface area contributed by atoms with Gasteiger partial charge in [-0.2, -0.15) is 9.40 Å². The molecule has 2 aromatic carbocycles. The minimum atomic E-state index is -3.60. The van der Waals surface area contributed by atoms with Crippen LogP contribution < -0.4 is 0 Å². The fourth-order valence-corrected chi connectivity index (χ4v) is 5.71. The molecule has 1 fully saturated rings. The summed E-state index contributed by atoms with van der Waals surface area (Å²) in [6.45, 7) is 3.91. The van der Waals surface area contributed by atoms with Crippen LogP contribution in [0.2, 0.25) is 0 Å². The second-order valence-corrected chi connectivity index (χ2v) is 9.94. The van der Waals surface area contributed by atoms with Crippen LogP contribution in [-0.4, -0.2) is 52.9 Å². The fraction of sp³-hybridized carbons (Fsp3) is 0.391. The summed E-state index contributed by atoms with van der Waals surface area (Å²) < 4.78 is 29.5. The van der Waals surface area contributed by atoms with Crippen LogP contribution in [0.25, 0.3) is 10.9 Å². The average molecular weight is 441 g/mol. The normalized spacial score (nSPS) is 15.9. The van der Waals surface area contributed by atoms with Gasteiger partial charge in [-0.05, 0) is 43.5 Å². The number of piperidine rings is 1. The van der Waals surface area contributed by atoms with E-state index in [0.29, 0.717) is 39.0 Å². The molecule has 4 rings (SSSR count). The molecule has 0 radical (unpaired) electrons. The first kappa shape index (κ1) is 21.5. The summed E-state index contributed by atoms with van der Waals surface area (Å²) in [5, 5.41) is 4.98. The molecule has 7 nitrogen and oxygen atoms in total. The van der Waals surface area contributed by atoms with E-state index in [4.69, 9.17) is 0 Å². The zero-order chi connectivity index (χ0) is 22.0. The smallest absolute Gasteiger partial charge is 0.243 e. The first-order valence-corrected chi connectivity index (χ1v) is 12.1. The topological polar surface area (TPSA) is 75.5 Å². The summed E-state index contributed by atoms with van der Waals surface area (Å²) in [6, 6.07) is 15.0. The van der Waals surface area contributed by atoms with Crippen molar-refractivity contribution in [2.24, 2.45) is 13.0 Å². The summed E-state index contributed by atoms with van der Waals surface area (Å²) in [5.41, 5.74) is 1.99. The quantitative estimate of drug-likeness (QED) is 0.591. The van der Waals surface area contributed by atoms with Crippen LogP contribution in [0.5, 0.6) is 0 Å². The SMILES string of the molecule is CCN(Cc1ccccc1)C(=O)C1CCN(S(=O)(=O)c2ccc3c(cnn3C)c2)CC1. The highest BCUT2D eigenvalue weighted by atomic mass is 32.2. The van der Waals surface area contributed by atoms with E-state index in [9.17, 15) is 13.2 Å². The van der Waals surface area contributed by atoms with Gasteiger partial charge >= 0.3 is 0 Å². The van der Waals surface area contributed by atoms with Crippen molar-refractivity contribution in [3.05, 3.63) is 60.3 Å². The highest BCUT2D eigenvalue weighted by Crippen LogP contribution is 2.27. The number of aryl methyl sites for hydroxylation is 1. The van der Waals surface area contributed by atoms with E-state index >= 15 is 0 Å². The van der Waals surface area contributed by atoms with Crippen LogP contribution in [0.3, 0.4) is 0 Å². The molecule has 0 N–H and O–H groups in total. The Morgan fingerprint density at radius 2 is 1.84 bits per heavy atom. The van der Waals surface area contributed by atoms with E-state index in [1.54, 1.807) is 29.1 Å². The maximum Gasteiger partial charge on any atom is 0.243 e. The zero-order valence-corrected chi connectivity index (χ0v) is 18.8. The largest absolute Gasteiger partial charge is 0.338 e. The number of amides is 1. The van der Waals surface area contributed by atoms with Crippen molar-refractivity contribution < 1.29 is 13.2 Å². The monoisotopic (exact) mass is 440 g/mol. The number of rotatable bonds is 6. The van der Waals surface area contributed by atoms with Gasteiger partial charge in [0.2, 0.25) is 15.9 Å². The summed E-state index contributed by atoms with van der Waals surface area (Å²) in [7, 11) is -1.77. The lowest BCUT2D eigenvalue weighted by Crippen LogP contribution is -2.44. The molecule has 0 bridgehead atoms. The Hall–Kier alpha value is -2.71. The van der Waals surface area contributed by atoms with E-state index < -0.39 is 10.0 Å². The first-order valence-electron chi connectivity index (χ1n) is 10.6. The number of carbonyl (C=O) groups excluding carboxylic acids is 1. The molecule has 2 heterocycles. The molecule has 0 aliphatic carbocycles. The molecule has 0 atom stereocenters. The number of fused-ring (bicyclic) bond motifs is 1. The van der Waals surface area contributed by atoms with E-state index in [1.165, 1.54) is 4.31 Å². The number of carbonyl (C=O) groups is 1. The molecule has 1 amide bonds. The number of hydrogen-bond donors (Lipinski definition) is 0. The van der Waals surface area contributed by atoms with Crippen LogP contribution in [0.15, 0.2) is 59.6 Å². The summed E-state index contributed by atoms with van der Waals surface area (Å²) in [6.07, 6.45) is 2.75. The number of sulfonamides is 1. The average Bonchev–Trinajstić information content (AvgIpc) is 3.18. The van der Waals surface area contributed by atoms with Gasteiger partial charge in [-0.3, -0.25) is 9.48 Å². The maximum atomic E-state index is 13.1. The molecular formula is C23H28N4O3S. The van der Waals surface area contributed by atoms with E-state index in [0.717, 1.165) is 16.5 Å². The predicted octanol–water partition coefficient (Wildman–Crippen LogP) is 3.02. The van der Waals surface area contributed by atoms with Gasteiger partial charge in [0.15, 0.2) is 0 Å². The van der Waals surface area contributed by atoms with Crippen molar-refractivity contribution in [3.63, 3.8) is 0 Å². The van der Waals surface area contributed by atoms with E-state index in [2.05, 4.69) is 5.10 Å². The van der Waals surface area contributed by atoms with Crippen molar-refractivity contribution in [1.29, 1.82) is 0 Å². The number of hydrogen-bond acceptors (Lipinski definition) is 4. The van der Waals surface area contributed by atoms with Crippen LogP contribution in [0, 0.1) is 5.92 Å². The molecule has 31 heavy (non-hydrogen) atoms. The van der Waals surface area contributed by atoms with E-state index in [-0.39, 0.29) is 16.7 Å². The Morgan fingerprint density at radius 3 is 2.52 bits per heavy atom. The molecule has 1 aromatic heterocycles. The Kier molecular flexibility index (Phi) is 6.11. The minimum Gasteiger partial charge on any atom is -0.338 e. The molecule has 1 saturated heterocycles. The number of nitrogens with zero attached hydrogens (tertiary/aromatic N) is 4. The van der Waals surface area contributed by atoms with Gasteiger partial charge in [-0.15, -0.1) is 0 Å². The third-order valence-corrected chi connectivity index (χ3v) is 7.96. The molecule has 8 heteroatoms. The van der Waals surface area contributed by atoms with Crippen molar-refractivity contribution in [1.82, 2.24) is 19.0 Å². The Balaban J connectivity index is 1.42. The Labute approximate surface area is 183 Å². The predicted molar refractivity (Wildman–Crippen MR) is 120 cm³/mol. The van der Waals surface area contributed by atoms with Crippen LogP contribution in [0.1, 0.15) is 25.3 Å². The van der Waals surface area contributed by atoms with Gasteiger partial charge in [0.05, 0.1) is 16.6 Å². The van der Waals surface area contributed by atoms with E-state index in [1.807, 2.05) is 49.2 Å². The maximum absolute atomic E-state index is 13.1. The second kappa shape index (κ2) is 8.80. The fourth-order valence-electron chi connectivity index (χ4n) is 4.20. The van der Waals surface area contributed by atoms with Gasteiger partial charge < -0.3 is 4.90 Å². The van der Waals surface area contributed by atoms with Crippen molar-refractivity contribution >= 4 is 26.8 Å². The minimum absolute atomic E-state index is 0.111. The highest BCUT2D eigenvalue weighted by molar-refractivity contribution is 7.89. The summed E-state index contributed by atoms with van der Waals surface area (Å²) in [4.78, 5) is 15.2. The Bertz CT molecular complexity index is 1170. The van der Waals surface area contributed by atoms with Gasteiger partial charge in [-0.25, -0.2) is 8.42 Å². The first-order chi connectivity index (χ1) is 14.9. The Morgan fingerprint density at radius 1 is 1.13 bits per heavy atom. The summed E-state index contributed by atoms with van der Waals surface area (Å²) in [5.74, 6) is -0.0314.